The van der Waals surface area contributed by atoms with Crippen molar-refractivity contribution in [2.45, 2.75) is 0 Å². The van der Waals surface area contributed by atoms with E-state index in [-0.39, 0.29) is 11.8 Å². The first-order valence-electron chi connectivity index (χ1n) is 8.41. The Balaban J connectivity index is 1.60. The first-order valence-corrected chi connectivity index (χ1v) is 8.41. The zero-order valence-electron chi connectivity index (χ0n) is 14.5. The topological polar surface area (TPSA) is 58.2 Å². The molecule has 0 heterocycles. The van der Waals surface area contributed by atoms with E-state index in [9.17, 15) is 9.59 Å². The Labute approximate surface area is 153 Å². The Bertz CT molecular complexity index is 711. The van der Waals surface area contributed by atoms with E-state index in [1.165, 1.54) is 12.2 Å². The van der Waals surface area contributed by atoms with Crippen LogP contribution in [0.5, 0.6) is 0 Å². The summed E-state index contributed by atoms with van der Waals surface area (Å²) < 4.78 is 0. The second-order valence-corrected chi connectivity index (χ2v) is 5.45. The summed E-state index contributed by atoms with van der Waals surface area (Å²) in [4.78, 5) is 23.3. The summed E-state index contributed by atoms with van der Waals surface area (Å²) in [5, 5.41) is 5.50. The van der Waals surface area contributed by atoms with E-state index >= 15 is 0 Å². The number of benzene rings is 2. The van der Waals surface area contributed by atoms with E-state index < -0.39 is 0 Å². The fourth-order valence-electron chi connectivity index (χ4n) is 2.08. The average Bonchev–Trinajstić information content (AvgIpc) is 2.69. The lowest BCUT2D eigenvalue weighted by Gasteiger charge is -1.98. The fraction of sp³-hybridized carbons (Fsp3) is 0.0909. The van der Waals surface area contributed by atoms with Gasteiger partial charge in [0.25, 0.3) is 0 Å². The van der Waals surface area contributed by atoms with Crippen LogP contribution in [0.1, 0.15) is 11.1 Å². The maximum Gasteiger partial charge on any atom is 0.244 e. The van der Waals surface area contributed by atoms with E-state index in [0.29, 0.717) is 13.1 Å². The maximum atomic E-state index is 11.7. The minimum absolute atomic E-state index is 0.159. The van der Waals surface area contributed by atoms with Crippen LogP contribution in [0.4, 0.5) is 0 Å². The van der Waals surface area contributed by atoms with Crippen LogP contribution in [-0.2, 0) is 9.59 Å². The molecule has 2 amide bonds. The van der Waals surface area contributed by atoms with Crippen molar-refractivity contribution in [3.8, 4) is 0 Å². The highest BCUT2D eigenvalue weighted by Crippen LogP contribution is 2.01. The van der Waals surface area contributed by atoms with Gasteiger partial charge in [0.05, 0.1) is 0 Å². The van der Waals surface area contributed by atoms with Gasteiger partial charge in [0.15, 0.2) is 0 Å². The highest BCUT2D eigenvalue weighted by atomic mass is 16.2. The first kappa shape index (κ1) is 18.9. The largest absolute Gasteiger partial charge is 0.349 e. The van der Waals surface area contributed by atoms with Crippen molar-refractivity contribution in [1.82, 2.24) is 10.6 Å². The number of amides is 2. The minimum Gasteiger partial charge on any atom is -0.349 e. The molecule has 0 atom stereocenters. The van der Waals surface area contributed by atoms with Crippen molar-refractivity contribution in [2.75, 3.05) is 13.1 Å². The second-order valence-electron chi connectivity index (χ2n) is 5.45. The highest BCUT2D eigenvalue weighted by molar-refractivity contribution is 5.92. The van der Waals surface area contributed by atoms with Crippen LogP contribution in [0.25, 0.3) is 12.2 Å². The Kier molecular flexibility index (Phi) is 8.16. The molecule has 26 heavy (non-hydrogen) atoms. The predicted molar refractivity (Wildman–Crippen MR) is 106 cm³/mol. The third kappa shape index (κ3) is 7.93. The van der Waals surface area contributed by atoms with E-state index in [1.807, 2.05) is 60.7 Å². The summed E-state index contributed by atoms with van der Waals surface area (Å²) in [6, 6.07) is 19.3. The summed E-state index contributed by atoms with van der Waals surface area (Å²) in [6.07, 6.45) is 10.1. The molecule has 0 aliphatic carbocycles. The molecule has 0 unspecified atom stereocenters. The van der Waals surface area contributed by atoms with Gasteiger partial charge in [-0.2, -0.15) is 0 Å². The Hall–Kier alpha value is -3.40. The lowest BCUT2D eigenvalue weighted by molar-refractivity contribution is -0.117. The van der Waals surface area contributed by atoms with Crippen LogP contribution < -0.4 is 10.6 Å². The van der Waals surface area contributed by atoms with Crippen LogP contribution in [0.2, 0.25) is 0 Å². The van der Waals surface area contributed by atoms with Gasteiger partial charge in [-0.3, -0.25) is 9.59 Å². The molecule has 4 nitrogen and oxygen atoms in total. The van der Waals surface area contributed by atoms with Crippen LogP contribution in [0.15, 0.2) is 85.0 Å². The molecule has 0 aliphatic heterocycles. The standard InChI is InChI=1S/C22H22N2O2/c25-21(15-13-19-9-3-1-4-10-19)23-17-7-8-18-24-22(26)16-14-20-11-5-2-6-12-20/h1-16H,17-18H2,(H,23,25)(H,24,26). The van der Waals surface area contributed by atoms with Crippen LogP contribution in [-0.4, -0.2) is 24.9 Å². The SMILES string of the molecule is O=C(C=Cc1ccccc1)NCC=CCNC(=O)C=Cc1ccccc1. The molecule has 0 bridgehead atoms. The lowest BCUT2D eigenvalue weighted by Crippen LogP contribution is -2.22. The molecule has 0 spiro atoms. The van der Waals surface area contributed by atoms with Gasteiger partial charge in [0.1, 0.15) is 0 Å². The number of nitrogens with one attached hydrogen (secondary N) is 2. The monoisotopic (exact) mass is 346 g/mol. The first-order chi connectivity index (χ1) is 12.7. The molecule has 2 aromatic rings. The van der Waals surface area contributed by atoms with Crippen molar-refractivity contribution < 1.29 is 9.59 Å². The lowest BCUT2D eigenvalue weighted by atomic mass is 10.2. The molecular weight excluding hydrogens is 324 g/mol. The quantitative estimate of drug-likeness (QED) is 0.570. The molecule has 0 aromatic heterocycles. The van der Waals surface area contributed by atoms with Crippen LogP contribution >= 0.6 is 0 Å². The summed E-state index contributed by atoms with van der Waals surface area (Å²) in [5.74, 6) is -0.318. The zero-order valence-corrected chi connectivity index (χ0v) is 14.5. The van der Waals surface area contributed by atoms with Crippen molar-refractivity contribution in [2.24, 2.45) is 0 Å². The Morgan fingerprint density at radius 3 is 1.42 bits per heavy atom. The number of hydrogen-bond acceptors (Lipinski definition) is 2. The molecule has 132 valence electrons. The van der Waals surface area contributed by atoms with Crippen LogP contribution in [0, 0.1) is 0 Å². The number of rotatable bonds is 8. The summed E-state index contributed by atoms with van der Waals surface area (Å²) in [6.45, 7) is 0.821. The molecular formula is C22H22N2O2. The third-order valence-electron chi connectivity index (χ3n) is 3.41. The van der Waals surface area contributed by atoms with Gasteiger partial charge >= 0.3 is 0 Å². The molecule has 0 fully saturated rings. The van der Waals surface area contributed by atoms with Crippen molar-refractivity contribution in [3.63, 3.8) is 0 Å². The van der Waals surface area contributed by atoms with Crippen molar-refractivity contribution >= 4 is 24.0 Å². The van der Waals surface area contributed by atoms with Gasteiger partial charge in [-0.15, -0.1) is 0 Å². The summed E-state index contributed by atoms with van der Waals surface area (Å²) in [5.41, 5.74) is 1.95. The van der Waals surface area contributed by atoms with Gasteiger partial charge in [0.2, 0.25) is 11.8 Å². The minimum atomic E-state index is -0.159. The number of carbonyl (C=O) groups is 2. The van der Waals surface area contributed by atoms with E-state index in [1.54, 1.807) is 24.3 Å². The Morgan fingerprint density at radius 1 is 0.654 bits per heavy atom. The number of hydrogen-bond donors (Lipinski definition) is 2. The zero-order chi connectivity index (χ0) is 18.5. The molecule has 2 rings (SSSR count). The highest BCUT2D eigenvalue weighted by Gasteiger charge is 1.93. The van der Waals surface area contributed by atoms with Gasteiger partial charge in [0, 0.05) is 25.2 Å². The van der Waals surface area contributed by atoms with E-state index in [0.717, 1.165) is 11.1 Å². The van der Waals surface area contributed by atoms with Crippen LogP contribution in [0.3, 0.4) is 0 Å². The van der Waals surface area contributed by atoms with Gasteiger partial charge in [-0.05, 0) is 23.3 Å². The summed E-state index contributed by atoms with van der Waals surface area (Å²) in [7, 11) is 0. The molecule has 0 radical (unpaired) electrons. The molecule has 2 N–H and O–H groups in total. The van der Waals surface area contributed by atoms with E-state index in [2.05, 4.69) is 10.6 Å². The van der Waals surface area contributed by atoms with Gasteiger partial charge in [-0.25, -0.2) is 0 Å². The average molecular weight is 346 g/mol. The molecule has 0 saturated carbocycles. The third-order valence-corrected chi connectivity index (χ3v) is 3.41. The second kappa shape index (κ2) is 11.2. The number of carbonyl (C=O) groups excluding carboxylic acids is 2. The Morgan fingerprint density at radius 2 is 1.04 bits per heavy atom. The fourth-order valence-corrected chi connectivity index (χ4v) is 2.08. The van der Waals surface area contributed by atoms with Gasteiger partial charge < -0.3 is 10.6 Å². The maximum absolute atomic E-state index is 11.7. The normalized spacial score (nSPS) is 11.2. The predicted octanol–water partition coefficient (Wildman–Crippen LogP) is 3.20. The van der Waals surface area contributed by atoms with Crippen molar-refractivity contribution in [3.05, 3.63) is 96.1 Å². The molecule has 0 aliphatic rings. The van der Waals surface area contributed by atoms with Gasteiger partial charge in [-0.1, -0.05) is 72.8 Å². The molecule has 2 aromatic carbocycles. The van der Waals surface area contributed by atoms with Crippen molar-refractivity contribution in [1.29, 1.82) is 0 Å². The molecule has 4 heteroatoms. The molecule has 0 saturated heterocycles. The summed E-state index contributed by atoms with van der Waals surface area (Å²) >= 11 is 0. The smallest absolute Gasteiger partial charge is 0.244 e. The van der Waals surface area contributed by atoms with E-state index in [4.69, 9.17) is 0 Å².